The van der Waals surface area contributed by atoms with Crippen molar-refractivity contribution in [2.75, 3.05) is 20.3 Å². The summed E-state index contributed by atoms with van der Waals surface area (Å²) in [6, 6.07) is 8.27. The lowest BCUT2D eigenvalue weighted by molar-refractivity contribution is 0.179. The molecule has 2 N–H and O–H groups in total. The van der Waals surface area contributed by atoms with Crippen molar-refractivity contribution in [1.29, 1.82) is 0 Å². The van der Waals surface area contributed by atoms with E-state index in [-0.39, 0.29) is 36.1 Å². The summed E-state index contributed by atoms with van der Waals surface area (Å²) in [5, 5.41) is 6.55. The van der Waals surface area contributed by atoms with Crippen LogP contribution in [0.1, 0.15) is 33.3 Å². The molecule has 1 rings (SSSR count). The van der Waals surface area contributed by atoms with Gasteiger partial charge in [-0.2, -0.15) is 0 Å². The average molecular weight is 435 g/mol. The number of nitrogens with one attached hydrogen (secondary N) is 2. The number of rotatable bonds is 8. The van der Waals surface area contributed by atoms with E-state index in [0.29, 0.717) is 13.2 Å². The van der Waals surface area contributed by atoms with Gasteiger partial charge in [-0.1, -0.05) is 12.1 Å². The molecule has 1 aromatic rings. The van der Waals surface area contributed by atoms with E-state index < -0.39 is 0 Å². The van der Waals surface area contributed by atoms with E-state index in [2.05, 4.69) is 29.5 Å². The Balaban J connectivity index is 0.00000484. The fraction of sp³-hybridized carbons (Fsp3) is 0.588. The van der Waals surface area contributed by atoms with Gasteiger partial charge in [0, 0.05) is 19.7 Å². The molecule has 1 unspecified atom stereocenters. The maximum atomic E-state index is 5.64. The largest absolute Gasteiger partial charge is 0.491 e. The summed E-state index contributed by atoms with van der Waals surface area (Å²) in [5.74, 6) is 1.69. The Labute approximate surface area is 157 Å². The summed E-state index contributed by atoms with van der Waals surface area (Å²) in [5.41, 5.74) is 1.15. The van der Waals surface area contributed by atoms with E-state index in [0.717, 1.165) is 23.8 Å². The molecule has 1 aromatic carbocycles. The number of hydrogen-bond acceptors (Lipinski definition) is 3. The number of hydrogen-bond donors (Lipinski definition) is 2. The number of benzene rings is 1. The van der Waals surface area contributed by atoms with Gasteiger partial charge in [0.15, 0.2) is 5.96 Å². The molecule has 0 heterocycles. The Morgan fingerprint density at radius 1 is 1.17 bits per heavy atom. The third kappa shape index (κ3) is 9.65. The van der Waals surface area contributed by atoms with Crippen molar-refractivity contribution >= 4 is 29.9 Å². The van der Waals surface area contributed by atoms with Crippen molar-refractivity contribution in [1.82, 2.24) is 10.6 Å². The zero-order valence-electron chi connectivity index (χ0n) is 14.8. The van der Waals surface area contributed by atoms with Gasteiger partial charge in [0.25, 0.3) is 0 Å². The van der Waals surface area contributed by atoms with Crippen molar-refractivity contribution < 1.29 is 9.47 Å². The molecule has 0 aliphatic heterocycles. The van der Waals surface area contributed by atoms with Gasteiger partial charge >= 0.3 is 0 Å². The molecule has 0 spiro atoms. The van der Waals surface area contributed by atoms with Gasteiger partial charge in [0.1, 0.15) is 5.75 Å². The quantitative estimate of drug-likeness (QED) is 0.374. The number of ether oxygens (including phenoxy) is 2. The molecule has 0 aliphatic carbocycles. The third-order valence-electron chi connectivity index (χ3n) is 2.86. The maximum Gasteiger partial charge on any atom is 0.191 e. The van der Waals surface area contributed by atoms with Crippen molar-refractivity contribution in [3.63, 3.8) is 0 Å². The second kappa shape index (κ2) is 12.4. The number of methoxy groups -OCH3 is 1. The number of aliphatic imine (C=N–C) groups is 1. The fourth-order valence-corrected chi connectivity index (χ4v) is 1.96. The van der Waals surface area contributed by atoms with Gasteiger partial charge in [-0.15, -0.1) is 24.0 Å². The van der Waals surface area contributed by atoms with Gasteiger partial charge in [0.2, 0.25) is 0 Å². The summed E-state index contributed by atoms with van der Waals surface area (Å²) in [6.45, 7) is 10.3. The van der Waals surface area contributed by atoms with E-state index in [1.165, 1.54) is 0 Å². The number of guanidine groups is 1. The lowest BCUT2D eigenvalue weighted by Gasteiger charge is -2.17. The van der Waals surface area contributed by atoms with Crippen LogP contribution in [0.15, 0.2) is 29.3 Å². The smallest absolute Gasteiger partial charge is 0.191 e. The van der Waals surface area contributed by atoms with Gasteiger partial charge in [-0.25, -0.2) is 4.99 Å². The van der Waals surface area contributed by atoms with Gasteiger partial charge < -0.3 is 20.1 Å². The third-order valence-corrected chi connectivity index (χ3v) is 2.86. The summed E-state index contributed by atoms with van der Waals surface area (Å²) in [6.07, 6.45) is 0.190. The summed E-state index contributed by atoms with van der Waals surface area (Å²) in [4.78, 5) is 4.59. The lowest BCUT2D eigenvalue weighted by Crippen LogP contribution is -2.43. The SMILES string of the molecule is CCNC(=NCc1ccc(OC(C)C)cc1)NC(C)COC.I. The van der Waals surface area contributed by atoms with Crippen LogP contribution in [0.3, 0.4) is 0 Å². The van der Waals surface area contributed by atoms with Crippen molar-refractivity contribution in [3.8, 4) is 5.75 Å². The lowest BCUT2D eigenvalue weighted by atomic mass is 10.2. The zero-order valence-corrected chi connectivity index (χ0v) is 17.1. The highest BCUT2D eigenvalue weighted by atomic mass is 127. The molecule has 132 valence electrons. The molecule has 0 fully saturated rings. The second-order valence-corrected chi connectivity index (χ2v) is 5.51. The normalized spacial score (nSPS) is 12.5. The van der Waals surface area contributed by atoms with Crippen LogP contribution in [0.25, 0.3) is 0 Å². The minimum atomic E-state index is 0. The van der Waals surface area contributed by atoms with Crippen molar-refractivity contribution in [3.05, 3.63) is 29.8 Å². The Hall–Kier alpha value is -1.02. The van der Waals surface area contributed by atoms with Crippen LogP contribution < -0.4 is 15.4 Å². The van der Waals surface area contributed by atoms with E-state index in [1.54, 1.807) is 7.11 Å². The highest BCUT2D eigenvalue weighted by Gasteiger charge is 2.04. The molecule has 0 bridgehead atoms. The summed E-state index contributed by atoms with van der Waals surface area (Å²) in [7, 11) is 1.70. The van der Waals surface area contributed by atoms with Gasteiger partial charge in [0.05, 0.1) is 19.3 Å². The van der Waals surface area contributed by atoms with Crippen LogP contribution in [0.5, 0.6) is 5.75 Å². The molecule has 0 aliphatic rings. The molecule has 0 saturated carbocycles. The minimum Gasteiger partial charge on any atom is -0.491 e. The monoisotopic (exact) mass is 435 g/mol. The molecule has 0 amide bonds. The molecule has 23 heavy (non-hydrogen) atoms. The summed E-state index contributed by atoms with van der Waals surface area (Å²) < 4.78 is 10.8. The van der Waals surface area contributed by atoms with Gasteiger partial charge in [-0.05, 0) is 45.4 Å². The van der Waals surface area contributed by atoms with E-state index in [1.807, 2.05) is 38.1 Å². The molecular weight excluding hydrogens is 405 g/mol. The average Bonchev–Trinajstić information content (AvgIpc) is 2.46. The Morgan fingerprint density at radius 2 is 1.83 bits per heavy atom. The molecule has 0 radical (unpaired) electrons. The number of halogens is 1. The van der Waals surface area contributed by atoms with Crippen LogP contribution in [0, 0.1) is 0 Å². The Bertz CT molecular complexity index is 450. The van der Waals surface area contributed by atoms with Crippen LogP contribution >= 0.6 is 24.0 Å². The van der Waals surface area contributed by atoms with Crippen molar-refractivity contribution in [2.45, 2.75) is 46.4 Å². The van der Waals surface area contributed by atoms with Crippen molar-refractivity contribution in [2.24, 2.45) is 4.99 Å². The topological polar surface area (TPSA) is 54.9 Å². The van der Waals surface area contributed by atoms with E-state index in [4.69, 9.17) is 9.47 Å². The maximum absolute atomic E-state index is 5.64. The first-order chi connectivity index (χ1) is 10.5. The molecule has 6 heteroatoms. The van der Waals surface area contributed by atoms with Gasteiger partial charge in [-0.3, -0.25) is 0 Å². The van der Waals surface area contributed by atoms with Crippen LogP contribution in [-0.2, 0) is 11.3 Å². The highest BCUT2D eigenvalue weighted by Crippen LogP contribution is 2.14. The molecule has 1 atom stereocenters. The predicted octanol–water partition coefficient (Wildman–Crippen LogP) is 3.18. The predicted molar refractivity (Wildman–Crippen MR) is 107 cm³/mol. The van der Waals surface area contributed by atoms with Crippen LogP contribution in [0.4, 0.5) is 0 Å². The zero-order chi connectivity index (χ0) is 16.4. The first-order valence-electron chi connectivity index (χ1n) is 7.84. The van der Waals surface area contributed by atoms with E-state index in [9.17, 15) is 0 Å². The highest BCUT2D eigenvalue weighted by molar-refractivity contribution is 14.0. The standard InChI is InChI=1S/C17H29N3O2.HI/c1-6-18-17(20-14(4)12-21-5)19-11-15-7-9-16(10-8-15)22-13(2)3;/h7-10,13-14H,6,11-12H2,1-5H3,(H2,18,19,20);1H. The molecule has 0 aromatic heterocycles. The first-order valence-corrected chi connectivity index (χ1v) is 7.84. The molecular formula is C17H30IN3O2. The second-order valence-electron chi connectivity index (χ2n) is 5.51. The molecule has 0 saturated heterocycles. The van der Waals surface area contributed by atoms with Crippen LogP contribution in [0.2, 0.25) is 0 Å². The minimum absolute atomic E-state index is 0. The van der Waals surface area contributed by atoms with Crippen LogP contribution in [-0.4, -0.2) is 38.4 Å². The Morgan fingerprint density at radius 3 is 2.35 bits per heavy atom. The molecule has 5 nitrogen and oxygen atoms in total. The summed E-state index contributed by atoms with van der Waals surface area (Å²) >= 11 is 0. The first kappa shape index (κ1) is 22.0. The fourth-order valence-electron chi connectivity index (χ4n) is 1.96. The number of nitrogens with zero attached hydrogens (tertiary/aromatic N) is 1. The Kier molecular flexibility index (Phi) is 11.9. The van der Waals surface area contributed by atoms with E-state index >= 15 is 0 Å².